The summed E-state index contributed by atoms with van der Waals surface area (Å²) in [5.41, 5.74) is 2.87. The van der Waals surface area contributed by atoms with Gasteiger partial charge in [0.05, 0.1) is 24.3 Å². The summed E-state index contributed by atoms with van der Waals surface area (Å²) in [5, 5.41) is 5.37. The van der Waals surface area contributed by atoms with Gasteiger partial charge in [-0.25, -0.2) is 9.78 Å². The van der Waals surface area contributed by atoms with Crippen LogP contribution >= 0.6 is 11.3 Å². The van der Waals surface area contributed by atoms with Crippen molar-refractivity contribution in [3.8, 4) is 5.75 Å². The first-order valence-corrected chi connectivity index (χ1v) is 11.5. The quantitative estimate of drug-likeness (QED) is 0.416. The average molecular weight is 453 g/mol. The first kappa shape index (κ1) is 23.5. The molecule has 0 spiro atoms. The standard InChI is InChI=1S/C25H28N2O4S/c1-17(2)12-13-30-21-10-8-19(9-11-21)25(29)31-15-20-16-32-24(26-20)14-23(28)27-22-7-5-4-6-18(22)3/h4-11,16-17H,12-15H2,1-3H3,(H,27,28). The molecule has 1 amide bonds. The lowest BCUT2D eigenvalue weighted by Gasteiger charge is -2.08. The summed E-state index contributed by atoms with van der Waals surface area (Å²) in [6, 6.07) is 14.5. The van der Waals surface area contributed by atoms with Crippen LogP contribution in [-0.2, 0) is 22.6 Å². The number of nitrogens with one attached hydrogen (secondary N) is 1. The average Bonchev–Trinajstić information content (AvgIpc) is 3.21. The Hall–Kier alpha value is -3.19. The third-order valence-corrected chi connectivity index (χ3v) is 5.63. The number of aromatic nitrogens is 1. The van der Waals surface area contributed by atoms with E-state index in [4.69, 9.17) is 9.47 Å². The van der Waals surface area contributed by atoms with E-state index in [1.165, 1.54) is 11.3 Å². The van der Waals surface area contributed by atoms with Crippen LogP contribution in [0.15, 0.2) is 53.9 Å². The molecular weight excluding hydrogens is 424 g/mol. The fourth-order valence-electron chi connectivity index (χ4n) is 2.86. The lowest BCUT2D eigenvalue weighted by molar-refractivity contribution is -0.115. The van der Waals surface area contributed by atoms with Crippen LogP contribution in [0.3, 0.4) is 0 Å². The molecule has 1 aromatic heterocycles. The lowest BCUT2D eigenvalue weighted by atomic mass is 10.1. The SMILES string of the molecule is Cc1ccccc1NC(=O)Cc1nc(COC(=O)c2ccc(OCCC(C)C)cc2)cs1. The van der Waals surface area contributed by atoms with Gasteiger partial charge in [-0.3, -0.25) is 4.79 Å². The van der Waals surface area contributed by atoms with Crippen molar-refractivity contribution in [2.24, 2.45) is 5.92 Å². The number of para-hydroxylation sites is 1. The Morgan fingerprint density at radius 2 is 1.84 bits per heavy atom. The van der Waals surface area contributed by atoms with Gasteiger partial charge >= 0.3 is 5.97 Å². The fourth-order valence-corrected chi connectivity index (χ4v) is 3.64. The molecule has 3 rings (SSSR count). The van der Waals surface area contributed by atoms with E-state index < -0.39 is 5.97 Å². The second-order valence-electron chi connectivity index (χ2n) is 7.90. The number of amides is 1. The predicted molar refractivity (Wildman–Crippen MR) is 126 cm³/mol. The van der Waals surface area contributed by atoms with Crippen molar-refractivity contribution in [1.29, 1.82) is 0 Å². The molecule has 0 unspecified atom stereocenters. The number of carbonyl (C=O) groups is 2. The largest absolute Gasteiger partial charge is 0.494 e. The molecule has 0 saturated heterocycles. The van der Waals surface area contributed by atoms with Crippen LogP contribution in [0.5, 0.6) is 5.75 Å². The molecule has 7 heteroatoms. The maximum Gasteiger partial charge on any atom is 0.338 e. The molecule has 32 heavy (non-hydrogen) atoms. The summed E-state index contributed by atoms with van der Waals surface area (Å²) in [6.07, 6.45) is 1.15. The molecule has 3 aromatic rings. The predicted octanol–water partition coefficient (Wildman–Crippen LogP) is 5.41. The highest BCUT2D eigenvalue weighted by Gasteiger charge is 2.12. The minimum absolute atomic E-state index is 0.0569. The molecule has 0 bridgehead atoms. The van der Waals surface area contributed by atoms with E-state index in [2.05, 4.69) is 24.1 Å². The maximum atomic E-state index is 12.3. The highest BCUT2D eigenvalue weighted by atomic mass is 32.1. The monoisotopic (exact) mass is 452 g/mol. The number of aryl methyl sites for hydroxylation is 1. The van der Waals surface area contributed by atoms with Crippen LogP contribution < -0.4 is 10.1 Å². The maximum absolute atomic E-state index is 12.3. The Morgan fingerprint density at radius 1 is 1.09 bits per heavy atom. The van der Waals surface area contributed by atoms with Crippen LogP contribution in [-0.4, -0.2) is 23.5 Å². The Bertz CT molecular complexity index is 1040. The van der Waals surface area contributed by atoms with Gasteiger partial charge in [0.15, 0.2) is 0 Å². The Morgan fingerprint density at radius 3 is 2.56 bits per heavy atom. The number of thiazole rings is 1. The zero-order valence-corrected chi connectivity index (χ0v) is 19.4. The van der Waals surface area contributed by atoms with E-state index in [0.717, 1.165) is 23.4 Å². The summed E-state index contributed by atoms with van der Waals surface area (Å²) < 4.78 is 11.0. The number of nitrogens with zero attached hydrogens (tertiary/aromatic N) is 1. The number of carbonyl (C=O) groups excluding carboxylic acids is 2. The van der Waals surface area contributed by atoms with E-state index in [9.17, 15) is 9.59 Å². The molecule has 0 aliphatic rings. The van der Waals surface area contributed by atoms with Crippen LogP contribution in [0.4, 0.5) is 5.69 Å². The Balaban J connectivity index is 1.45. The van der Waals surface area contributed by atoms with Gasteiger partial charge in [0.2, 0.25) is 5.91 Å². The Labute approximate surface area is 192 Å². The molecule has 0 saturated carbocycles. The zero-order valence-electron chi connectivity index (χ0n) is 18.6. The molecule has 1 N–H and O–H groups in total. The van der Waals surface area contributed by atoms with Crippen molar-refractivity contribution in [1.82, 2.24) is 4.98 Å². The number of anilines is 1. The number of ether oxygens (including phenoxy) is 2. The van der Waals surface area contributed by atoms with Gasteiger partial charge in [-0.15, -0.1) is 11.3 Å². The highest BCUT2D eigenvalue weighted by Crippen LogP contribution is 2.17. The minimum atomic E-state index is -0.425. The van der Waals surface area contributed by atoms with Crippen molar-refractivity contribution in [3.05, 3.63) is 75.7 Å². The summed E-state index contributed by atoms with van der Waals surface area (Å²) >= 11 is 1.37. The van der Waals surface area contributed by atoms with Gasteiger partial charge in [0.1, 0.15) is 17.4 Å². The second-order valence-corrected chi connectivity index (χ2v) is 8.85. The first-order valence-electron chi connectivity index (χ1n) is 10.6. The van der Waals surface area contributed by atoms with Crippen LogP contribution in [0, 0.1) is 12.8 Å². The fraction of sp³-hybridized carbons (Fsp3) is 0.320. The lowest BCUT2D eigenvalue weighted by Crippen LogP contribution is -2.15. The normalized spacial score (nSPS) is 10.8. The molecule has 0 atom stereocenters. The van der Waals surface area contributed by atoms with Gasteiger partial charge in [-0.1, -0.05) is 32.0 Å². The third kappa shape index (κ3) is 7.20. The van der Waals surface area contributed by atoms with Gasteiger partial charge < -0.3 is 14.8 Å². The molecule has 2 aromatic carbocycles. The van der Waals surface area contributed by atoms with Crippen molar-refractivity contribution < 1.29 is 19.1 Å². The van der Waals surface area contributed by atoms with E-state index in [1.807, 2.05) is 31.2 Å². The second kappa shape index (κ2) is 11.4. The van der Waals surface area contributed by atoms with Gasteiger partial charge in [-0.05, 0) is 55.2 Å². The summed E-state index contributed by atoms with van der Waals surface area (Å²) in [7, 11) is 0. The molecular formula is C25H28N2O4S. The van der Waals surface area contributed by atoms with Crippen molar-refractivity contribution in [2.45, 2.75) is 40.2 Å². The topological polar surface area (TPSA) is 77.5 Å². The molecule has 0 aliphatic carbocycles. The van der Waals surface area contributed by atoms with Gasteiger partial charge in [0.25, 0.3) is 0 Å². The summed E-state index contributed by atoms with van der Waals surface area (Å²) in [5.74, 6) is 0.756. The molecule has 0 fully saturated rings. The third-order valence-electron chi connectivity index (χ3n) is 4.74. The number of hydrogen-bond donors (Lipinski definition) is 1. The molecule has 0 radical (unpaired) electrons. The van der Waals surface area contributed by atoms with Crippen LogP contribution in [0.2, 0.25) is 0 Å². The van der Waals surface area contributed by atoms with Gasteiger partial charge in [-0.2, -0.15) is 0 Å². The van der Waals surface area contributed by atoms with E-state index in [1.54, 1.807) is 29.6 Å². The summed E-state index contributed by atoms with van der Waals surface area (Å²) in [4.78, 5) is 29.0. The molecule has 1 heterocycles. The first-order chi connectivity index (χ1) is 15.4. The van der Waals surface area contributed by atoms with E-state index in [0.29, 0.717) is 28.8 Å². The molecule has 168 valence electrons. The van der Waals surface area contributed by atoms with Crippen LogP contribution in [0.1, 0.15) is 46.9 Å². The Kier molecular flexibility index (Phi) is 8.39. The minimum Gasteiger partial charge on any atom is -0.494 e. The van der Waals surface area contributed by atoms with Crippen molar-refractivity contribution >= 4 is 28.9 Å². The van der Waals surface area contributed by atoms with E-state index in [-0.39, 0.29) is 18.9 Å². The molecule has 6 nitrogen and oxygen atoms in total. The zero-order chi connectivity index (χ0) is 22.9. The summed E-state index contributed by atoms with van der Waals surface area (Å²) in [6.45, 7) is 6.94. The molecule has 0 aliphatic heterocycles. The number of benzene rings is 2. The number of hydrogen-bond acceptors (Lipinski definition) is 6. The smallest absolute Gasteiger partial charge is 0.338 e. The number of esters is 1. The number of rotatable bonds is 10. The van der Waals surface area contributed by atoms with Gasteiger partial charge in [0, 0.05) is 11.1 Å². The van der Waals surface area contributed by atoms with Crippen molar-refractivity contribution in [3.63, 3.8) is 0 Å². The van der Waals surface area contributed by atoms with E-state index >= 15 is 0 Å². The van der Waals surface area contributed by atoms with Crippen LogP contribution in [0.25, 0.3) is 0 Å². The highest BCUT2D eigenvalue weighted by molar-refractivity contribution is 7.09. The van der Waals surface area contributed by atoms with Crippen molar-refractivity contribution in [2.75, 3.05) is 11.9 Å².